The molecule has 0 aromatic carbocycles. The molecular formula is C14H21NO2. The van der Waals surface area contributed by atoms with E-state index in [2.05, 4.69) is 17.5 Å². The number of hydrogen-bond acceptors (Lipinski definition) is 3. The molecule has 0 aromatic rings. The van der Waals surface area contributed by atoms with Crippen LogP contribution in [0.5, 0.6) is 0 Å². The zero-order valence-electron chi connectivity index (χ0n) is 10.4. The van der Waals surface area contributed by atoms with E-state index in [-0.39, 0.29) is 23.8 Å². The average Bonchev–Trinajstić information content (AvgIpc) is 2.41. The highest BCUT2D eigenvalue weighted by Gasteiger charge is 2.35. The maximum Gasteiger partial charge on any atom is 0.310 e. The molecule has 1 aliphatic heterocycles. The highest BCUT2D eigenvalue weighted by atomic mass is 16.5. The highest BCUT2D eigenvalue weighted by Crippen LogP contribution is 2.29. The summed E-state index contributed by atoms with van der Waals surface area (Å²) in [6.45, 7) is 1.02. The first-order valence-corrected chi connectivity index (χ1v) is 6.47. The van der Waals surface area contributed by atoms with Gasteiger partial charge in [0.15, 0.2) is 0 Å². The Labute approximate surface area is 103 Å². The lowest BCUT2D eigenvalue weighted by molar-refractivity contribution is -0.148. The van der Waals surface area contributed by atoms with Crippen molar-refractivity contribution in [2.45, 2.75) is 31.7 Å². The molecule has 0 spiro atoms. The minimum absolute atomic E-state index is 0.0403. The quantitative estimate of drug-likeness (QED) is 0.761. The van der Waals surface area contributed by atoms with Gasteiger partial charge >= 0.3 is 5.97 Å². The molecule has 0 radical (unpaired) electrons. The summed E-state index contributed by atoms with van der Waals surface area (Å²) in [5, 5.41) is 3.47. The number of carbonyl (C=O) groups is 1. The fourth-order valence-electron chi connectivity index (χ4n) is 2.82. The van der Waals surface area contributed by atoms with Gasteiger partial charge in [0.1, 0.15) is 0 Å². The Morgan fingerprint density at radius 2 is 2.29 bits per heavy atom. The molecule has 1 heterocycles. The van der Waals surface area contributed by atoms with Crippen LogP contribution in [0.1, 0.15) is 25.7 Å². The number of piperidine rings is 1. The van der Waals surface area contributed by atoms with Crippen molar-refractivity contribution in [2.75, 3.05) is 13.7 Å². The zero-order chi connectivity index (χ0) is 12.1. The molecule has 0 bridgehead atoms. The van der Waals surface area contributed by atoms with E-state index < -0.39 is 0 Å². The monoisotopic (exact) mass is 235 g/mol. The Morgan fingerprint density at radius 1 is 1.41 bits per heavy atom. The van der Waals surface area contributed by atoms with Crippen LogP contribution in [0.2, 0.25) is 0 Å². The lowest BCUT2D eigenvalue weighted by Gasteiger charge is -2.33. The lowest BCUT2D eigenvalue weighted by Crippen LogP contribution is -2.46. The molecule has 2 aliphatic rings. The fraction of sp³-hybridized carbons (Fsp3) is 0.643. The van der Waals surface area contributed by atoms with E-state index in [0.717, 1.165) is 19.4 Å². The Balaban J connectivity index is 2.09. The third-order valence-electron chi connectivity index (χ3n) is 3.73. The van der Waals surface area contributed by atoms with E-state index in [1.807, 2.05) is 12.2 Å². The summed E-state index contributed by atoms with van der Waals surface area (Å²) in [5.74, 6) is 0.166. The normalized spacial score (nSPS) is 29.9. The van der Waals surface area contributed by atoms with E-state index in [4.69, 9.17) is 4.74 Å². The van der Waals surface area contributed by atoms with Crippen LogP contribution in [-0.2, 0) is 9.53 Å². The maximum atomic E-state index is 12.0. The van der Waals surface area contributed by atoms with Gasteiger partial charge in [-0.3, -0.25) is 4.79 Å². The topological polar surface area (TPSA) is 38.3 Å². The van der Waals surface area contributed by atoms with Crippen LogP contribution in [0.25, 0.3) is 0 Å². The summed E-state index contributed by atoms with van der Waals surface area (Å²) in [6.07, 6.45) is 12.8. The van der Waals surface area contributed by atoms with Crippen molar-refractivity contribution in [3.05, 3.63) is 24.3 Å². The third-order valence-corrected chi connectivity index (χ3v) is 3.73. The van der Waals surface area contributed by atoms with Crippen LogP contribution in [0.4, 0.5) is 0 Å². The van der Waals surface area contributed by atoms with Gasteiger partial charge in [-0.15, -0.1) is 0 Å². The van der Waals surface area contributed by atoms with E-state index in [1.165, 1.54) is 20.0 Å². The minimum atomic E-state index is -0.0747. The second kappa shape index (κ2) is 6.01. The predicted molar refractivity (Wildman–Crippen MR) is 67.5 cm³/mol. The fourth-order valence-corrected chi connectivity index (χ4v) is 2.82. The van der Waals surface area contributed by atoms with Gasteiger partial charge in [0.2, 0.25) is 0 Å². The number of nitrogens with one attached hydrogen (secondary N) is 1. The summed E-state index contributed by atoms with van der Waals surface area (Å²) in [4.78, 5) is 12.0. The molecule has 94 valence electrons. The number of methoxy groups -OCH3 is 1. The average molecular weight is 235 g/mol. The molecule has 1 aliphatic carbocycles. The minimum Gasteiger partial charge on any atom is -0.469 e. The van der Waals surface area contributed by atoms with Crippen molar-refractivity contribution < 1.29 is 9.53 Å². The molecule has 17 heavy (non-hydrogen) atoms. The van der Waals surface area contributed by atoms with Crippen molar-refractivity contribution in [2.24, 2.45) is 11.8 Å². The molecule has 3 nitrogen and oxygen atoms in total. The van der Waals surface area contributed by atoms with Crippen LogP contribution in [0.3, 0.4) is 0 Å². The zero-order valence-corrected chi connectivity index (χ0v) is 10.4. The van der Waals surface area contributed by atoms with E-state index in [1.54, 1.807) is 0 Å². The molecule has 3 heteroatoms. The third kappa shape index (κ3) is 2.97. The van der Waals surface area contributed by atoms with Gasteiger partial charge in [0.25, 0.3) is 0 Å². The molecule has 1 saturated heterocycles. The molecule has 0 amide bonds. The highest BCUT2D eigenvalue weighted by molar-refractivity contribution is 5.74. The Bertz CT molecular complexity index is 316. The van der Waals surface area contributed by atoms with Gasteiger partial charge in [-0.2, -0.15) is 0 Å². The summed E-state index contributed by atoms with van der Waals surface area (Å²) >= 11 is 0. The first-order valence-electron chi connectivity index (χ1n) is 6.47. The maximum absolute atomic E-state index is 12.0. The Hall–Kier alpha value is -1.09. The van der Waals surface area contributed by atoms with Crippen molar-refractivity contribution in [1.82, 2.24) is 5.32 Å². The van der Waals surface area contributed by atoms with Crippen LogP contribution in [-0.4, -0.2) is 25.7 Å². The predicted octanol–water partition coefficient (Wildman–Crippen LogP) is 2.05. The standard InChI is InChI=1S/C14H21NO2/c1-17-14(16)13(11-7-3-2-4-8-11)12-9-5-6-10-15-12/h2-4,7,11-13,15H,5-6,8-10H2,1H3. The number of carbonyl (C=O) groups excluding carboxylic acids is 1. The largest absolute Gasteiger partial charge is 0.469 e. The molecule has 0 aromatic heterocycles. The van der Waals surface area contributed by atoms with Gasteiger partial charge in [0, 0.05) is 6.04 Å². The van der Waals surface area contributed by atoms with Crippen LogP contribution < -0.4 is 5.32 Å². The summed E-state index contributed by atoms with van der Waals surface area (Å²) in [5.41, 5.74) is 0. The number of rotatable bonds is 3. The lowest BCUT2D eigenvalue weighted by atomic mass is 9.79. The van der Waals surface area contributed by atoms with Crippen molar-refractivity contribution in [3.63, 3.8) is 0 Å². The van der Waals surface area contributed by atoms with E-state index in [0.29, 0.717) is 0 Å². The number of esters is 1. The van der Waals surface area contributed by atoms with Crippen LogP contribution >= 0.6 is 0 Å². The Kier molecular flexibility index (Phi) is 4.37. The number of hydrogen-bond donors (Lipinski definition) is 1. The molecular weight excluding hydrogens is 214 g/mol. The molecule has 3 atom stereocenters. The first kappa shape index (κ1) is 12.4. The SMILES string of the molecule is COC(=O)C(C1C=CC=CC1)C1CCCCN1. The summed E-state index contributed by atoms with van der Waals surface area (Å²) in [6, 6.07) is 0.275. The molecule has 1 fully saturated rings. The van der Waals surface area contributed by atoms with Gasteiger partial charge in [-0.25, -0.2) is 0 Å². The van der Waals surface area contributed by atoms with E-state index >= 15 is 0 Å². The number of ether oxygens (including phenoxy) is 1. The van der Waals surface area contributed by atoms with Crippen LogP contribution in [0, 0.1) is 11.8 Å². The van der Waals surface area contributed by atoms with Gasteiger partial charge in [-0.05, 0) is 31.7 Å². The molecule has 3 unspecified atom stereocenters. The van der Waals surface area contributed by atoms with Crippen molar-refractivity contribution >= 4 is 5.97 Å². The van der Waals surface area contributed by atoms with E-state index in [9.17, 15) is 4.79 Å². The van der Waals surface area contributed by atoms with Crippen molar-refractivity contribution in [1.29, 1.82) is 0 Å². The van der Waals surface area contributed by atoms with Gasteiger partial charge in [0.05, 0.1) is 13.0 Å². The van der Waals surface area contributed by atoms with Gasteiger partial charge in [-0.1, -0.05) is 30.7 Å². The number of allylic oxidation sites excluding steroid dienone is 4. The molecule has 1 N–H and O–H groups in total. The van der Waals surface area contributed by atoms with Gasteiger partial charge < -0.3 is 10.1 Å². The van der Waals surface area contributed by atoms with Crippen LogP contribution in [0.15, 0.2) is 24.3 Å². The van der Waals surface area contributed by atoms with Crippen molar-refractivity contribution in [3.8, 4) is 0 Å². The summed E-state index contributed by atoms with van der Waals surface area (Å²) in [7, 11) is 1.49. The first-order chi connectivity index (χ1) is 8.33. The molecule has 2 rings (SSSR count). The molecule has 0 saturated carbocycles. The second-order valence-corrected chi connectivity index (χ2v) is 4.82. The summed E-state index contributed by atoms with van der Waals surface area (Å²) < 4.78 is 4.98. The Morgan fingerprint density at radius 3 is 2.88 bits per heavy atom. The smallest absolute Gasteiger partial charge is 0.310 e. The second-order valence-electron chi connectivity index (χ2n) is 4.82.